The van der Waals surface area contributed by atoms with Gasteiger partial charge in [-0.15, -0.1) is 10.2 Å². The van der Waals surface area contributed by atoms with Crippen LogP contribution in [-0.2, 0) is 11.2 Å². The zero-order valence-corrected chi connectivity index (χ0v) is 14.3. The van der Waals surface area contributed by atoms with Gasteiger partial charge in [0.2, 0.25) is 5.13 Å². The number of rotatable bonds is 6. The van der Waals surface area contributed by atoms with Crippen LogP contribution < -0.4 is 15.4 Å². The van der Waals surface area contributed by atoms with Crippen LogP contribution in [0.4, 0.5) is 9.93 Å². The summed E-state index contributed by atoms with van der Waals surface area (Å²) in [6.45, 7) is 2.10. The first-order valence-electron chi connectivity index (χ1n) is 7.81. The van der Waals surface area contributed by atoms with Crippen LogP contribution in [0.2, 0.25) is 0 Å². The first-order chi connectivity index (χ1) is 11.7. The number of urea groups is 1. The van der Waals surface area contributed by atoms with Crippen LogP contribution in [0.15, 0.2) is 24.3 Å². The van der Waals surface area contributed by atoms with Crippen molar-refractivity contribution in [2.75, 3.05) is 32.2 Å². The predicted octanol–water partition coefficient (Wildman–Crippen LogP) is 2.30. The summed E-state index contributed by atoms with van der Waals surface area (Å²) in [4.78, 5) is 11.9. The molecule has 2 aromatic rings. The number of aromatic nitrogens is 2. The number of benzene rings is 1. The SMILES string of the molecule is COc1ccc(Cc2nnc(NC(=O)NC[C@@H]3CCOC3)s2)cc1. The molecule has 1 atom stereocenters. The second-order valence-electron chi connectivity index (χ2n) is 5.59. The number of nitrogens with zero attached hydrogens (tertiary/aromatic N) is 2. The molecule has 0 aliphatic carbocycles. The lowest BCUT2D eigenvalue weighted by molar-refractivity contribution is 0.185. The minimum absolute atomic E-state index is 0.256. The highest BCUT2D eigenvalue weighted by atomic mass is 32.1. The number of hydrogen-bond acceptors (Lipinski definition) is 6. The Morgan fingerprint density at radius 2 is 2.21 bits per heavy atom. The molecular weight excluding hydrogens is 328 g/mol. The number of hydrogen-bond donors (Lipinski definition) is 2. The first kappa shape index (κ1) is 16.7. The van der Waals surface area contributed by atoms with Crippen molar-refractivity contribution in [2.45, 2.75) is 12.8 Å². The molecule has 7 nitrogen and oxygen atoms in total. The van der Waals surface area contributed by atoms with Crippen molar-refractivity contribution >= 4 is 22.5 Å². The summed E-state index contributed by atoms with van der Waals surface area (Å²) in [6.07, 6.45) is 1.66. The van der Waals surface area contributed by atoms with Gasteiger partial charge in [0.25, 0.3) is 0 Å². The van der Waals surface area contributed by atoms with Crippen LogP contribution in [0.5, 0.6) is 5.75 Å². The Labute approximate surface area is 144 Å². The molecule has 1 aromatic carbocycles. The van der Waals surface area contributed by atoms with Gasteiger partial charge in [-0.1, -0.05) is 23.5 Å². The largest absolute Gasteiger partial charge is 0.497 e. The number of anilines is 1. The zero-order chi connectivity index (χ0) is 16.8. The van der Waals surface area contributed by atoms with Crippen LogP contribution in [-0.4, -0.2) is 43.1 Å². The molecule has 2 heterocycles. The van der Waals surface area contributed by atoms with E-state index in [0.717, 1.165) is 29.3 Å². The molecule has 0 bridgehead atoms. The topological polar surface area (TPSA) is 85.4 Å². The fourth-order valence-corrected chi connectivity index (χ4v) is 3.19. The summed E-state index contributed by atoms with van der Waals surface area (Å²) < 4.78 is 10.4. The highest BCUT2D eigenvalue weighted by Gasteiger charge is 2.16. The van der Waals surface area contributed by atoms with Gasteiger partial charge in [-0.05, 0) is 24.1 Å². The summed E-state index contributed by atoms with van der Waals surface area (Å²) >= 11 is 1.37. The normalized spacial score (nSPS) is 16.8. The van der Waals surface area contributed by atoms with Gasteiger partial charge in [-0.25, -0.2) is 4.79 Å². The Hall–Kier alpha value is -2.19. The monoisotopic (exact) mass is 348 g/mol. The van der Waals surface area contributed by atoms with Crippen molar-refractivity contribution < 1.29 is 14.3 Å². The van der Waals surface area contributed by atoms with Gasteiger partial charge in [0.1, 0.15) is 10.8 Å². The van der Waals surface area contributed by atoms with E-state index in [4.69, 9.17) is 9.47 Å². The molecule has 2 N–H and O–H groups in total. The fourth-order valence-electron chi connectivity index (χ4n) is 2.42. The van der Waals surface area contributed by atoms with Crippen LogP contribution >= 0.6 is 11.3 Å². The van der Waals surface area contributed by atoms with E-state index in [-0.39, 0.29) is 6.03 Å². The highest BCUT2D eigenvalue weighted by molar-refractivity contribution is 7.15. The summed E-state index contributed by atoms with van der Waals surface area (Å²) in [5.41, 5.74) is 1.11. The molecule has 0 unspecified atom stereocenters. The molecule has 1 aromatic heterocycles. The smallest absolute Gasteiger partial charge is 0.321 e. The number of methoxy groups -OCH3 is 1. The van der Waals surface area contributed by atoms with Gasteiger partial charge in [-0.3, -0.25) is 5.32 Å². The molecule has 0 saturated carbocycles. The molecule has 1 aliphatic heterocycles. The van der Waals surface area contributed by atoms with E-state index in [2.05, 4.69) is 20.8 Å². The van der Waals surface area contributed by atoms with E-state index < -0.39 is 0 Å². The molecule has 3 rings (SSSR count). The summed E-state index contributed by atoms with van der Waals surface area (Å²) in [5.74, 6) is 1.22. The average molecular weight is 348 g/mol. The van der Waals surface area contributed by atoms with E-state index in [1.54, 1.807) is 7.11 Å². The van der Waals surface area contributed by atoms with E-state index in [0.29, 0.717) is 30.6 Å². The molecule has 0 radical (unpaired) electrons. The minimum Gasteiger partial charge on any atom is -0.497 e. The van der Waals surface area contributed by atoms with Crippen LogP contribution in [0.3, 0.4) is 0 Å². The molecule has 24 heavy (non-hydrogen) atoms. The Kier molecular flexibility index (Phi) is 5.60. The molecular formula is C16H20N4O3S. The van der Waals surface area contributed by atoms with Crippen molar-refractivity contribution in [3.8, 4) is 5.75 Å². The van der Waals surface area contributed by atoms with Crippen molar-refractivity contribution in [1.82, 2.24) is 15.5 Å². The lowest BCUT2D eigenvalue weighted by atomic mass is 10.1. The third-order valence-corrected chi connectivity index (χ3v) is 4.62. The Morgan fingerprint density at radius 1 is 1.38 bits per heavy atom. The number of ether oxygens (including phenoxy) is 2. The van der Waals surface area contributed by atoms with Gasteiger partial charge in [-0.2, -0.15) is 0 Å². The summed E-state index contributed by atoms with van der Waals surface area (Å²) in [5, 5.41) is 15.0. The number of carbonyl (C=O) groups is 1. The summed E-state index contributed by atoms with van der Waals surface area (Å²) in [7, 11) is 1.64. The lowest BCUT2D eigenvalue weighted by Gasteiger charge is -2.08. The maximum Gasteiger partial charge on any atom is 0.321 e. The molecule has 2 amide bonds. The van der Waals surface area contributed by atoms with E-state index >= 15 is 0 Å². The van der Waals surface area contributed by atoms with Crippen LogP contribution in [0.25, 0.3) is 0 Å². The van der Waals surface area contributed by atoms with Crippen molar-refractivity contribution in [3.63, 3.8) is 0 Å². The van der Waals surface area contributed by atoms with Crippen molar-refractivity contribution in [2.24, 2.45) is 5.92 Å². The highest BCUT2D eigenvalue weighted by Crippen LogP contribution is 2.20. The predicted molar refractivity (Wildman–Crippen MR) is 91.7 cm³/mol. The molecule has 0 spiro atoms. The molecule has 128 valence electrons. The number of amides is 2. The fraction of sp³-hybridized carbons (Fsp3) is 0.438. The second-order valence-corrected chi connectivity index (χ2v) is 6.65. The molecule has 1 fully saturated rings. The quantitative estimate of drug-likeness (QED) is 0.837. The van der Waals surface area contributed by atoms with Crippen LogP contribution in [0, 0.1) is 5.92 Å². The third-order valence-electron chi connectivity index (χ3n) is 3.78. The Balaban J connectivity index is 1.48. The average Bonchev–Trinajstić information content (AvgIpc) is 3.26. The van der Waals surface area contributed by atoms with E-state index in [1.165, 1.54) is 11.3 Å². The maximum absolute atomic E-state index is 11.9. The van der Waals surface area contributed by atoms with Crippen molar-refractivity contribution in [1.29, 1.82) is 0 Å². The van der Waals surface area contributed by atoms with Gasteiger partial charge >= 0.3 is 6.03 Å². The molecule has 1 aliphatic rings. The van der Waals surface area contributed by atoms with Crippen molar-refractivity contribution in [3.05, 3.63) is 34.8 Å². The first-order valence-corrected chi connectivity index (χ1v) is 8.62. The minimum atomic E-state index is -0.256. The van der Waals surface area contributed by atoms with Gasteiger partial charge < -0.3 is 14.8 Å². The number of nitrogens with one attached hydrogen (secondary N) is 2. The maximum atomic E-state index is 11.9. The van der Waals surface area contributed by atoms with E-state index in [1.807, 2.05) is 24.3 Å². The van der Waals surface area contributed by atoms with Gasteiger partial charge in [0, 0.05) is 25.5 Å². The molecule has 8 heteroatoms. The molecule has 1 saturated heterocycles. The second kappa shape index (κ2) is 8.07. The summed E-state index contributed by atoms with van der Waals surface area (Å²) in [6, 6.07) is 7.55. The lowest BCUT2D eigenvalue weighted by Crippen LogP contribution is -2.33. The van der Waals surface area contributed by atoms with Crippen LogP contribution in [0.1, 0.15) is 17.0 Å². The number of carbonyl (C=O) groups excluding carboxylic acids is 1. The third kappa shape index (κ3) is 4.65. The van der Waals surface area contributed by atoms with E-state index in [9.17, 15) is 4.79 Å². The Morgan fingerprint density at radius 3 is 2.92 bits per heavy atom. The van der Waals surface area contributed by atoms with Gasteiger partial charge in [0.15, 0.2) is 0 Å². The Bertz CT molecular complexity index is 668. The zero-order valence-electron chi connectivity index (χ0n) is 13.4. The van der Waals surface area contributed by atoms with Gasteiger partial charge in [0.05, 0.1) is 13.7 Å². The standard InChI is InChI=1S/C16H20N4O3S/c1-22-13-4-2-11(3-5-13)8-14-19-20-16(24-14)18-15(21)17-9-12-6-7-23-10-12/h2-5,12H,6-10H2,1H3,(H2,17,18,20,21)/t12-/m0/s1.